The van der Waals surface area contributed by atoms with Gasteiger partial charge in [-0.15, -0.1) is 0 Å². The highest BCUT2D eigenvalue weighted by atomic mass is 35.5. The van der Waals surface area contributed by atoms with Crippen LogP contribution in [0.5, 0.6) is 0 Å². The topological polar surface area (TPSA) is 92.8 Å². The lowest BCUT2D eigenvalue weighted by molar-refractivity contribution is -0.114. The largest absolute Gasteiger partial charge is 0.462 e. The molecule has 0 saturated heterocycles. The summed E-state index contributed by atoms with van der Waals surface area (Å²) < 4.78 is 30.3. The van der Waals surface area contributed by atoms with Crippen molar-refractivity contribution in [3.8, 4) is 0 Å². The van der Waals surface area contributed by atoms with Gasteiger partial charge in [-0.05, 0) is 55.8 Å². The van der Waals surface area contributed by atoms with Crippen LogP contribution in [0.25, 0.3) is 0 Å². The molecule has 0 aliphatic carbocycles. The molecule has 2 aromatic carbocycles. The first kappa shape index (κ1) is 21.7. The average molecular weight is 425 g/mol. The van der Waals surface area contributed by atoms with Gasteiger partial charge in [-0.1, -0.05) is 17.7 Å². The third-order valence-corrected chi connectivity index (χ3v) is 5.41. The minimum Gasteiger partial charge on any atom is -0.462 e. The van der Waals surface area contributed by atoms with Crippen LogP contribution in [0, 0.1) is 6.92 Å². The van der Waals surface area contributed by atoms with Gasteiger partial charge in [-0.25, -0.2) is 13.2 Å². The molecule has 0 aliphatic heterocycles. The van der Waals surface area contributed by atoms with Gasteiger partial charge in [-0.2, -0.15) is 0 Å². The first-order valence-corrected chi connectivity index (χ1v) is 10.7. The minimum absolute atomic E-state index is 0.265. The Kier molecular flexibility index (Phi) is 7.04. The highest BCUT2D eigenvalue weighted by molar-refractivity contribution is 7.92. The number of ether oxygens (including phenoxy) is 1. The number of benzene rings is 2. The number of carbonyl (C=O) groups is 2. The van der Waals surface area contributed by atoms with Gasteiger partial charge in [0.2, 0.25) is 15.9 Å². The normalized spacial score (nSPS) is 11.0. The standard InChI is InChI=1S/C19H21ClN2O5S/c1-4-27-19(24)14-8-10-15(11-9-14)21-18(23)12-22(28(3,25)26)17-7-5-6-16(20)13(17)2/h5-11H,4,12H2,1-3H3,(H,21,23). The van der Waals surface area contributed by atoms with Gasteiger partial charge in [0.05, 0.1) is 24.1 Å². The number of carbonyl (C=O) groups excluding carboxylic acids is 2. The molecule has 0 aliphatic rings. The number of nitrogens with zero attached hydrogens (tertiary/aromatic N) is 1. The number of esters is 1. The Hall–Kier alpha value is -2.58. The summed E-state index contributed by atoms with van der Waals surface area (Å²) in [6.45, 7) is 3.24. The van der Waals surface area contributed by atoms with Crippen molar-refractivity contribution in [1.82, 2.24) is 0 Å². The quantitative estimate of drug-likeness (QED) is 0.689. The Labute approximate surface area is 169 Å². The molecule has 0 radical (unpaired) electrons. The summed E-state index contributed by atoms with van der Waals surface area (Å²) in [5, 5.41) is 3.02. The summed E-state index contributed by atoms with van der Waals surface area (Å²) in [4.78, 5) is 24.1. The molecule has 0 bridgehead atoms. The predicted octanol–water partition coefficient (Wildman–Crippen LogP) is 3.23. The zero-order valence-corrected chi connectivity index (χ0v) is 17.3. The van der Waals surface area contributed by atoms with Gasteiger partial charge in [0.1, 0.15) is 6.54 Å². The smallest absolute Gasteiger partial charge is 0.338 e. The van der Waals surface area contributed by atoms with Gasteiger partial charge in [0, 0.05) is 10.7 Å². The second kappa shape index (κ2) is 9.07. The summed E-state index contributed by atoms with van der Waals surface area (Å²) in [5.41, 5.74) is 1.67. The molecule has 9 heteroatoms. The molecular weight excluding hydrogens is 404 g/mol. The second-order valence-electron chi connectivity index (χ2n) is 6.00. The second-order valence-corrected chi connectivity index (χ2v) is 8.31. The Morgan fingerprint density at radius 1 is 1.14 bits per heavy atom. The third kappa shape index (κ3) is 5.46. The third-order valence-electron chi connectivity index (χ3n) is 3.88. The Balaban J connectivity index is 2.17. The number of hydrogen-bond donors (Lipinski definition) is 1. The minimum atomic E-state index is -3.72. The van der Waals surface area contributed by atoms with Crippen LogP contribution in [0.4, 0.5) is 11.4 Å². The number of rotatable bonds is 7. The van der Waals surface area contributed by atoms with Crippen LogP contribution in [-0.4, -0.2) is 39.7 Å². The van der Waals surface area contributed by atoms with E-state index in [-0.39, 0.29) is 6.61 Å². The first-order valence-electron chi connectivity index (χ1n) is 8.43. The van der Waals surface area contributed by atoms with E-state index in [0.717, 1.165) is 10.6 Å². The number of anilines is 2. The van der Waals surface area contributed by atoms with Crippen molar-refractivity contribution >= 4 is 44.9 Å². The van der Waals surface area contributed by atoms with E-state index in [1.807, 2.05) is 0 Å². The molecule has 0 spiro atoms. The van der Waals surface area contributed by atoms with Crippen LogP contribution in [0.1, 0.15) is 22.8 Å². The molecule has 0 aromatic heterocycles. The molecule has 2 aromatic rings. The fourth-order valence-corrected chi connectivity index (χ4v) is 3.56. The molecule has 0 heterocycles. The molecule has 0 atom stereocenters. The van der Waals surface area contributed by atoms with E-state index in [1.54, 1.807) is 44.2 Å². The van der Waals surface area contributed by atoms with Crippen molar-refractivity contribution in [2.24, 2.45) is 0 Å². The maximum Gasteiger partial charge on any atom is 0.338 e. The molecule has 0 fully saturated rings. The highest BCUT2D eigenvalue weighted by Crippen LogP contribution is 2.28. The summed E-state index contributed by atoms with van der Waals surface area (Å²) >= 11 is 6.08. The van der Waals surface area contributed by atoms with Gasteiger partial charge >= 0.3 is 5.97 Å². The van der Waals surface area contributed by atoms with Crippen molar-refractivity contribution in [2.75, 3.05) is 29.0 Å². The molecule has 1 amide bonds. The summed E-state index contributed by atoms with van der Waals surface area (Å²) in [7, 11) is -3.72. The lowest BCUT2D eigenvalue weighted by Gasteiger charge is -2.24. The van der Waals surface area contributed by atoms with Crippen LogP contribution in [0.2, 0.25) is 5.02 Å². The maximum absolute atomic E-state index is 12.4. The summed E-state index contributed by atoms with van der Waals surface area (Å²) in [6.07, 6.45) is 1.02. The molecular formula is C19H21ClN2O5S. The van der Waals surface area contributed by atoms with Crippen LogP contribution in [-0.2, 0) is 19.6 Å². The molecule has 28 heavy (non-hydrogen) atoms. The van der Waals surface area contributed by atoms with Gasteiger partial charge in [-0.3, -0.25) is 9.10 Å². The Morgan fingerprint density at radius 2 is 1.79 bits per heavy atom. The molecule has 2 rings (SSSR count). The molecule has 150 valence electrons. The SMILES string of the molecule is CCOC(=O)c1ccc(NC(=O)CN(c2cccc(Cl)c2C)S(C)(=O)=O)cc1. The zero-order chi connectivity index (χ0) is 20.9. The van der Waals surface area contributed by atoms with Crippen LogP contribution in [0.3, 0.4) is 0 Å². The molecule has 0 unspecified atom stereocenters. The van der Waals surface area contributed by atoms with E-state index < -0.39 is 28.4 Å². The monoisotopic (exact) mass is 424 g/mol. The van der Waals surface area contributed by atoms with Crippen molar-refractivity contribution in [3.05, 3.63) is 58.6 Å². The predicted molar refractivity (Wildman–Crippen MR) is 109 cm³/mol. The first-order chi connectivity index (χ1) is 13.1. The van der Waals surface area contributed by atoms with Crippen molar-refractivity contribution in [2.45, 2.75) is 13.8 Å². The molecule has 7 nitrogen and oxygen atoms in total. The van der Waals surface area contributed by atoms with Gasteiger partial charge in [0.25, 0.3) is 0 Å². The number of sulfonamides is 1. The maximum atomic E-state index is 12.4. The van der Waals surface area contributed by atoms with Crippen molar-refractivity contribution < 1.29 is 22.7 Å². The van der Waals surface area contributed by atoms with E-state index in [9.17, 15) is 18.0 Å². The van der Waals surface area contributed by atoms with Gasteiger partial charge in [0.15, 0.2) is 0 Å². The number of nitrogens with one attached hydrogen (secondary N) is 1. The fourth-order valence-electron chi connectivity index (χ4n) is 2.48. The van der Waals surface area contributed by atoms with E-state index in [2.05, 4.69) is 5.32 Å². The number of hydrogen-bond acceptors (Lipinski definition) is 5. The highest BCUT2D eigenvalue weighted by Gasteiger charge is 2.23. The van der Waals surface area contributed by atoms with Crippen molar-refractivity contribution in [3.63, 3.8) is 0 Å². The average Bonchev–Trinajstić information content (AvgIpc) is 2.62. The number of halogens is 1. The zero-order valence-electron chi connectivity index (χ0n) is 15.7. The summed E-state index contributed by atoms with van der Waals surface area (Å²) in [6, 6.07) is 11.0. The van der Waals surface area contributed by atoms with E-state index in [0.29, 0.717) is 27.5 Å². The Morgan fingerprint density at radius 3 is 2.36 bits per heavy atom. The summed E-state index contributed by atoms with van der Waals surface area (Å²) in [5.74, 6) is -0.992. The van der Waals surface area contributed by atoms with E-state index in [4.69, 9.17) is 16.3 Å². The lowest BCUT2D eigenvalue weighted by atomic mass is 10.2. The Bertz CT molecular complexity index is 974. The van der Waals surface area contributed by atoms with Gasteiger partial charge < -0.3 is 10.1 Å². The van der Waals surface area contributed by atoms with E-state index in [1.165, 1.54) is 12.1 Å². The number of amides is 1. The van der Waals surface area contributed by atoms with E-state index >= 15 is 0 Å². The van der Waals surface area contributed by atoms with Crippen LogP contribution in [0.15, 0.2) is 42.5 Å². The lowest BCUT2D eigenvalue weighted by Crippen LogP contribution is -2.37. The fraction of sp³-hybridized carbons (Fsp3) is 0.263. The van der Waals surface area contributed by atoms with Crippen LogP contribution >= 0.6 is 11.6 Å². The molecule has 0 saturated carbocycles. The molecule has 1 N–H and O–H groups in total. The van der Waals surface area contributed by atoms with Crippen LogP contribution < -0.4 is 9.62 Å². The van der Waals surface area contributed by atoms with Crippen molar-refractivity contribution in [1.29, 1.82) is 0 Å².